The number of benzene rings is 2. The van der Waals surface area contributed by atoms with E-state index in [1.165, 1.54) is 31.0 Å². The number of hydrogen-bond donors (Lipinski definition) is 1. The van der Waals surface area contributed by atoms with Gasteiger partial charge in [0, 0.05) is 16.8 Å². The van der Waals surface area contributed by atoms with E-state index in [2.05, 4.69) is 20.1 Å². The minimum Gasteiger partial charge on any atom is -0.486 e. The summed E-state index contributed by atoms with van der Waals surface area (Å²) < 4.78 is 8.16. The van der Waals surface area contributed by atoms with Crippen molar-refractivity contribution < 1.29 is 9.53 Å². The number of ether oxygens (including phenoxy) is 1. The molecule has 1 fully saturated rings. The predicted octanol–water partition coefficient (Wildman–Crippen LogP) is 7.36. The highest BCUT2D eigenvalue weighted by atomic mass is 35.5. The van der Waals surface area contributed by atoms with Gasteiger partial charge < -0.3 is 10.1 Å². The Morgan fingerprint density at radius 2 is 1.82 bits per heavy atom. The van der Waals surface area contributed by atoms with Gasteiger partial charge in [0.25, 0.3) is 0 Å². The molecule has 0 unspecified atom stereocenters. The lowest BCUT2D eigenvalue weighted by atomic mass is 9.95. The van der Waals surface area contributed by atoms with E-state index in [9.17, 15) is 4.79 Å². The van der Waals surface area contributed by atoms with E-state index in [1.54, 1.807) is 18.2 Å². The third-order valence-electron chi connectivity index (χ3n) is 5.71. The molecular formula is C24H25Cl3N4O2S. The SMILES string of the molecule is Cc1cc(OCc2nnc(SCC(=O)Nc3ccc(Cl)c(Cl)c3)n2C2CCCCC2)ccc1Cl. The Balaban J connectivity index is 1.45. The number of carbonyl (C=O) groups is 1. The van der Waals surface area contributed by atoms with Gasteiger partial charge in [0.05, 0.1) is 15.8 Å². The molecule has 2 aromatic carbocycles. The molecule has 0 saturated heterocycles. The fourth-order valence-electron chi connectivity index (χ4n) is 3.97. The number of thioether (sulfide) groups is 1. The van der Waals surface area contributed by atoms with Gasteiger partial charge in [0.2, 0.25) is 5.91 Å². The third kappa shape index (κ3) is 6.39. The molecule has 6 nitrogen and oxygen atoms in total. The van der Waals surface area contributed by atoms with Crippen molar-refractivity contribution in [3.05, 3.63) is 62.9 Å². The first-order chi connectivity index (χ1) is 16.4. The molecule has 4 rings (SSSR count). The normalized spacial score (nSPS) is 14.2. The Bertz CT molecular complexity index is 1170. The second kappa shape index (κ2) is 11.7. The van der Waals surface area contributed by atoms with Crippen molar-refractivity contribution in [1.29, 1.82) is 0 Å². The summed E-state index contributed by atoms with van der Waals surface area (Å²) >= 11 is 19.5. The molecule has 1 N–H and O–H groups in total. The Kier molecular flexibility index (Phi) is 8.64. The summed E-state index contributed by atoms with van der Waals surface area (Å²) in [6.07, 6.45) is 5.70. The highest BCUT2D eigenvalue weighted by Crippen LogP contribution is 2.33. The Labute approximate surface area is 218 Å². The molecule has 0 atom stereocenters. The van der Waals surface area contributed by atoms with Crippen LogP contribution >= 0.6 is 46.6 Å². The van der Waals surface area contributed by atoms with Crippen LogP contribution in [0.4, 0.5) is 5.69 Å². The molecule has 0 spiro atoms. The number of amides is 1. The average Bonchev–Trinajstić information content (AvgIpc) is 3.24. The molecule has 0 bridgehead atoms. The van der Waals surface area contributed by atoms with E-state index in [0.29, 0.717) is 33.4 Å². The van der Waals surface area contributed by atoms with Gasteiger partial charge in [0.15, 0.2) is 11.0 Å². The first-order valence-electron chi connectivity index (χ1n) is 11.1. The van der Waals surface area contributed by atoms with Crippen molar-refractivity contribution in [2.75, 3.05) is 11.1 Å². The maximum Gasteiger partial charge on any atom is 0.234 e. The Morgan fingerprint density at radius 3 is 2.56 bits per heavy atom. The topological polar surface area (TPSA) is 69.0 Å². The molecule has 1 aliphatic rings. The minimum absolute atomic E-state index is 0.156. The van der Waals surface area contributed by atoms with Crippen molar-refractivity contribution in [3.63, 3.8) is 0 Å². The largest absolute Gasteiger partial charge is 0.486 e. The van der Waals surface area contributed by atoms with E-state index in [4.69, 9.17) is 39.5 Å². The molecule has 3 aromatic rings. The smallest absolute Gasteiger partial charge is 0.234 e. The number of nitrogens with one attached hydrogen (secondary N) is 1. The lowest BCUT2D eigenvalue weighted by Gasteiger charge is -2.25. The zero-order valence-corrected chi connectivity index (χ0v) is 21.8. The molecule has 1 aliphatic carbocycles. The number of aromatic nitrogens is 3. The van der Waals surface area contributed by atoms with Crippen LogP contribution in [0.3, 0.4) is 0 Å². The van der Waals surface area contributed by atoms with Gasteiger partial charge in [0.1, 0.15) is 12.4 Å². The van der Waals surface area contributed by atoms with Crippen LogP contribution in [0.1, 0.15) is 49.5 Å². The molecule has 180 valence electrons. The monoisotopic (exact) mass is 538 g/mol. The highest BCUT2D eigenvalue weighted by Gasteiger charge is 2.24. The summed E-state index contributed by atoms with van der Waals surface area (Å²) in [5.41, 5.74) is 1.55. The second-order valence-electron chi connectivity index (χ2n) is 8.23. The average molecular weight is 540 g/mol. The Hall–Kier alpha value is -1.93. The van der Waals surface area contributed by atoms with Gasteiger partial charge in [-0.25, -0.2) is 0 Å². The minimum atomic E-state index is -0.156. The van der Waals surface area contributed by atoms with Crippen molar-refractivity contribution in [3.8, 4) is 5.75 Å². The quantitative estimate of drug-likeness (QED) is 0.303. The van der Waals surface area contributed by atoms with Crippen LogP contribution in [0, 0.1) is 6.92 Å². The van der Waals surface area contributed by atoms with Crippen LogP contribution in [-0.2, 0) is 11.4 Å². The van der Waals surface area contributed by atoms with Crippen LogP contribution in [0.2, 0.25) is 15.1 Å². The molecule has 1 amide bonds. The van der Waals surface area contributed by atoms with E-state index in [-0.39, 0.29) is 11.7 Å². The second-order valence-corrected chi connectivity index (χ2v) is 10.4. The summed E-state index contributed by atoms with van der Waals surface area (Å²) in [6, 6.07) is 10.9. The number of nitrogens with zero attached hydrogens (tertiary/aromatic N) is 3. The van der Waals surface area contributed by atoms with Gasteiger partial charge in [-0.3, -0.25) is 9.36 Å². The van der Waals surface area contributed by atoms with Gasteiger partial charge in [-0.1, -0.05) is 65.8 Å². The van der Waals surface area contributed by atoms with E-state index in [0.717, 1.165) is 35.1 Å². The summed E-state index contributed by atoms with van der Waals surface area (Å²) in [5, 5.41) is 13.9. The first kappa shape index (κ1) is 25.2. The lowest BCUT2D eigenvalue weighted by Crippen LogP contribution is -2.19. The predicted molar refractivity (Wildman–Crippen MR) is 138 cm³/mol. The summed E-state index contributed by atoms with van der Waals surface area (Å²) in [6.45, 7) is 2.23. The zero-order valence-electron chi connectivity index (χ0n) is 18.7. The molecule has 10 heteroatoms. The molecular weight excluding hydrogens is 515 g/mol. The van der Waals surface area contributed by atoms with Crippen LogP contribution in [0.5, 0.6) is 5.75 Å². The standard InChI is InChI=1S/C24H25Cl3N4O2S/c1-15-11-18(8-10-19(15)25)33-13-22-29-30-24(31(22)17-5-3-2-4-6-17)34-14-23(32)28-16-7-9-20(26)21(27)12-16/h7-12,17H,2-6,13-14H2,1H3,(H,28,32). The van der Waals surface area contributed by atoms with Crippen molar-refractivity contribution >= 4 is 58.2 Å². The number of halogens is 3. The van der Waals surface area contributed by atoms with E-state index >= 15 is 0 Å². The van der Waals surface area contributed by atoms with Crippen LogP contribution < -0.4 is 10.1 Å². The summed E-state index contributed by atoms with van der Waals surface area (Å²) in [7, 11) is 0. The fourth-order valence-corrected chi connectivity index (χ4v) is 5.21. The Morgan fingerprint density at radius 1 is 1.06 bits per heavy atom. The number of anilines is 1. The fraction of sp³-hybridized carbons (Fsp3) is 0.375. The van der Waals surface area contributed by atoms with Gasteiger partial charge in [-0.15, -0.1) is 10.2 Å². The summed E-state index contributed by atoms with van der Waals surface area (Å²) in [5.74, 6) is 1.53. The van der Waals surface area contributed by atoms with Gasteiger partial charge in [-0.05, 0) is 61.7 Å². The highest BCUT2D eigenvalue weighted by molar-refractivity contribution is 7.99. The van der Waals surface area contributed by atoms with Crippen molar-refractivity contribution in [2.45, 2.75) is 56.8 Å². The van der Waals surface area contributed by atoms with Gasteiger partial charge in [-0.2, -0.15) is 0 Å². The van der Waals surface area contributed by atoms with Gasteiger partial charge >= 0.3 is 0 Å². The zero-order chi connectivity index (χ0) is 24.1. The molecule has 1 heterocycles. The van der Waals surface area contributed by atoms with Crippen LogP contribution in [0.25, 0.3) is 0 Å². The number of hydrogen-bond acceptors (Lipinski definition) is 5. The summed E-state index contributed by atoms with van der Waals surface area (Å²) in [4.78, 5) is 12.5. The number of aryl methyl sites for hydroxylation is 1. The first-order valence-corrected chi connectivity index (χ1v) is 13.2. The molecule has 1 aromatic heterocycles. The number of rotatable bonds is 8. The van der Waals surface area contributed by atoms with Crippen molar-refractivity contribution in [2.24, 2.45) is 0 Å². The number of carbonyl (C=O) groups excluding carboxylic acids is 1. The maximum atomic E-state index is 12.5. The molecule has 1 saturated carbocycles. The van der Waals surface area contributed by atoms with Crippen molar-refractivity contribution in [1.82, 2.24) is 14.8 Å². The lowest BCUT2D eigenvalue weighted by molar-refractivity contribution is -0.113. The van der Waals surface area contributed by atoms with E-state index in [1.807, 2.05) is 25.1 Å². The molecule has 34 heavy (non-hydrogen) atoms. The maximum absolute atomic E-state index is 12.5. The van der Waals surface area contributed by atoms with Crippen LogP contribution in [0.15, 0.2) is 41.6 Å². The van der Waals surface area contributed by atoms with E-state index < -0.39 is 0 Å². The third-order valence-corrected chi connectivity index (χ3v) is 7.81. The van der Waals surface area contributed by atoms with Crippen LogP contribution in [-0.4, -0.2) is 26.4 Å². The molecule has 0 radical (unpaired) electrons. The molecule has 0 aliphatic heterocycles.